The van der Waals surface area contributed by atoms with Crippen LogP contribution in [0.25, 0.3) is 11.5 Å². The van der Waals surface area contributed by atoms with Gasteiger partial charge in [-0.05, 0) is 24.5 Å². The summed E-state index contributed by atoms with van der Waals surface area (Å²) in [5.74, 6) is 0.614. The van der Waals surface area contributed by atoms with Gasteiger partial charge >= 0.3 is 0 Å². The molecule has 112 valence electrons. The van der Waals surface area contributed by atoms with Crippen molar-refractivity contribution in [3.05, 3.63) is 30.2 Å². The molecule has 1 saturated heterocycles. The fourth-order valence-electron chi connectivity index (χ4n) is 2.36. The summed E-state index contributed by atoms with van der Waals surface area (Å²) < 4.78 is 27.9. The molecular weight excluding hydrogens is 294 g/mol. The highest BCUT2D eigenvalue weighted by Gasteiger charge is 2.28. The number of carbonyl (C=O) groups is 1. The Bertz CT molecular complexity index is 733. The summed E-state index contributed by atoms with van der Waals surface area (Å²) in [5, 5.41) is 9.38. The van der Waals surface area contributed by atoms with E-state index in [1.165, 1.54) is 6.26 Å². The quantitative estimate of drug-likeness (QED) is 0.870. The Morgan fingerprint density at radius 3 is 3.05 bits per heavy atom. The zero-order chi connectivity index (χ0) is 14.9. The van der Waals surface area contributed by atoms with Crippen LogP contribution in [0.4, 0.5) is 0 Å². The van der Waals surface area contributed by atoms with Crippen LogP contribution in [0.15, 0.2) is 28.9 Å². The molecule has 2 N–H and O–H groups in total. The molecule has 0 aromatic carbocycles. The van der Waals surface area contributed by atoms with Crippen LogP contribution < -0.4 is 5.32 Å². The number of nitrogens with zero attached hydrogens (tertiary/aromatic N) is 1. The molecule has 0 spiro atoms. The highest BCUT2D eigenvalue weighted by molar-refractivity contribution is 7.91. The molecule has 21 heavy (non-hydrogen) atoms. The van der Waals surface area contributed by atoms with Crippen LogP contribution in [0.2, 0.25) is 0 Å². The molecule has 1 amide bonds. The molecule has 1 aliphatic rings. The lowest BCUT2D eigenvalue weighted by atomic mass is 10.1. The van der Waals surface area contributed by atoms with Gasteiger partial charge in [-0.25, -0.2) is 8.42 Å². The van der Waals surface area contributed by atoms with Gasteiger partial charge < -0.3 is 9.73 Å². The Morgan fingerprint density at radius 2 is 2.38 bits per heavy atom. The number of hydrogen-bond donors (Lipinski definition) is 2. The number of aromatic nitrogens is 2. The number of nitrogens with one attached hydrogen (secondary N) is 2. The molecule has 1 fully saturated rings. The predicted molar refractivity (Wildman–Crippen MR) is 75.4 cm³/mol. The zero-order valence-corrected chi connectivity index (χ0v) is 12.0. The molecule has 0 bridgehead atoms. The van der Waals surface area contributed by atoms with E-state index in [1.807, 2.05) is 0 Å². The predicted octanol–water partition coefficient (Wildman–Crippen LogP) is 0.834. The van der Waals surface area contributed by atoms with Gasteiger partial charge in [-0.2, -0.15) is 5.10 Å². The molecule has 8 heteroatoms. The van der Waals surface area contributed by atoms with Crippen LogP contribution in [-0.4, -0.2) is 42.6 Å². The second-order valence-electron chi connectivity index (χ2n) is 5.12. The van der Waals surface area contributed by atoms with E-state index in [0.29, 0.717) is 24.4 Å². The summed E-state index contributed by atoms with van der Waals surface area (Å²) in [7, 11) is -2.92. The molecule has 1 atom stereocenters. The van der Waals surface area contributed by atoms with Gasteiger partial charge in [0, 0.05) is 12.6 Å². The van der Waals surface area contributed by atoms with E-state index in [2.05, 4.69) is 15.5 Å². The van der Waals surface area contributed by atoms with Crippen LogP contribution in [0.5, 0.6) is 0 Å². The lowest BCUT2D eigenvalue weighted by Gasteiger charge is -2.07. The van der Waals surface area contributed by atoms with E-state index >= 15 is 0 Å². The second-order valence-corrected chi connectivity index (χ2v) is 7.35. The Hall–Kier alpha value is -2.09. The molecule has 3 heterocycles. The maximum atomic E-state index is 12.0. The van der Waals surface area contributed by atoms with Gasteiger partial charge in [-0.3, -0.25) is 9.89 Å². The minimum Gasteiger partial charge on any atom is -0.463 e. The molecule has 2 aromatic rings. The number of amides is 1. The van der Waals surface area contributed by atoms with Crippen molar-refractivity contribution >= 4 is 15.7 Å². The number of hydrogen-bond acceptors (Lipinski definition) is 5. The van der Waals surface area contributed by atoms with E-state index < -0.39 is 9.84 Å². The molecule has 2 aromatic heterocycles. The molecule has 0 radical (unpaired) electrons. The van der Waals surface area contributed by atoms with Crippen molar-refractivity contribution in [2.45, 2.75) is 6.42 Å². The maximum absolute atomic E-state index is 12.0. The first kappa shape index (κ1) is 13.9. The van der Waals surface area contributed by atoms with Crippen molar-refractivity contribution in [2.24, 2.45) is 5.92 Å². The van der Waals surface area contributed by atoms with Crippen LogP contribution >= 0.6 is 0 Å². The topological polar surface area (TPSA) is 105 Å². The first-order chi connectivity index (χ1) is 10.0. The largest absolute Gasteiger partial charge is 0.463 e. The standard InChI is InChI=1S/C13H15N3O4S/c17-13(14-7-9-3-5-21(18,19)8-9)11-6-10(15-16-11)12-2-1-4-20-12/h1-2,4,6,9H,3,5,7-8H2,(H,14,17)(H,15,16)/t9-/m0/s1. The third-order valence-electron chi connectivity index (χ3n) is 3.48. The van der Waals surface area contributed by atoms with E-state index in [0.717, 1.165) is 0 Å². The molecule has 1 aliphatic heterocycles. The summed E-state index contributed by atoms with van der Waals surface area (Å²) >= 11 is 0. The SMILES string of the molecule is O=C(NC[C@@H]1CCS(=O)(=O)C1)c1cc(-c2ccco2)[nH]n1. The normalized spacial score (nSPS) is 20.5. The van der Waals surface area contributed by atoms with Gasteiger partial charge in [0.1, 0.15) is 5.69 Å². The lowest BCUT2D eigenvalue weighted by Crippen LogP contribution is -2.30. The number of furan rings is 1. The first-order valence-electron chi connectivity index (χ1n) is 6.61. The van der Waals surface area contributed by atoms with Gasteiger partial charge in [0.25, 0.3) is 5.91 Å². The van der Waals surface area contributed by atoms with Crippen molar-refractivity contribution in [1.82, 2.24) is 15.5 Å². The van der Waals surface area contributed by atoms with Crippen molar-refractivity contribution in [3.63, 3.8) is 0 Å². The van der Waals surface area contributed by atoms with Crippen molar-refractivity contribution in [1.29, 1.82) is 0 Å². The number of rotatable bonds is 4. The van der Waals surface area contributed by atoms with Gasteiger partial charge in [-0.1, -0.05) is 0 Å². The molecule has 3 rings (SSSR count). The number of H-pyrrole nitrogens is 1. The Balaban J connectivity index is 1.59. The van der Waals surface area contributed by atoms with E-state index in [9.17, 15) is 13.2 Å². The minimum atomic E-state index is -2.92. The summed E-state index contributed by atoms with van der Waals surface area (Å²) in [6.45, 7) is 0.348. The van der Waals surface area contributed by atoms with Crippen LogP contribution in [0, 0.1) is 5.92 Å². The smallest absolute Gasteiger partial charge is 0.271 e. The highest BCUT2D eigenvalue weighted by atomic mass is 32.2. The van der Waals surface area contributed by atoms with Crippen LogP contribution in [-0.2, 0) is 9.84 Å². The Morgan fingerprint density at radius 1 is 1.52 bits per heavy atom. The summed E-state index contributed by atoms with van der Waals surface area (Å²) in [5.41, 5.74) is 0.871. The minimum absolute atomic E-state index is 0.0116. The van der Waals surface area contributed by atoms with Gasteiger partial charge in [0.05, 0.1) is 17.8 Å². The van der Waals surface area contributed by atoms with E-state index in [4.69, 9.17) is 4.42 Å². The van der Waals surface area contributed by atoms with E-state index in [1.54, 1.807) is 18.2 Å². The Kier molecular flexibility index (Phi) is 3.54. The number of aromatic amines is 1. The van der Waals surface area contributed by atoms with E-state index in [-0.39, 0.29) is 29.0 Å². The maximum Gasteiger partial charge on any atom is 0.271 e. The summed E-state index contributed by atoms with van der Waals surface area (Å²) in [6, 6.07) is 5.11. The average molecular weight is 309 g/mol. The molecule has 0 unspecified atom stereocenters. The lowest BCUT2D eigenvalue weighted by molar-refractivity contribution is 0.0943. The third kappa shape index (κ3) is 3.15. The van der Waals surface area contributed by atoms with Gasteiger partial charge in [0.2, 0.25) is 0 Å². The van der Waals surface area contributed by atoms with Crippen molar-refractivity contribution in [3.8, 4) is 11.5 Å². The van der Waals surface area contributed by atoms with Crippen molar-refractivity contribution in [2.75, 3.05) is 18.1 Å². The second kappa shape index (κ2) is 5.36. The van der Waals surface area contributed by atoms with Gasteiger partial charge in [-0.15, -0.1) is 0 Å². The number of carbonyl (C=O) groups excluding carboxylic acids is 1. The Labute approximate surface area is 121 Å². The zero-order valence-electron chi connectivity index (χ0n) is 11.2. The average Bonchev–Trinajstić information content (AvgIpc) is 3.15. The summed E-state index contributed by atoms with van der Waals surface area (Å²) in [4.78, 5) is 12.0. The molecule has 0 aliphatic carbocycles. The monoisotopic (exact) mass is 309 g/mol. The van der Waals surface area contributed by atoms with Gasteiger partial charge in [0.15, 0.2) is 21.3 Å². The summed E-state index contributed by atoms with van der Waals surface area (Å²) in [6.07, 6.45) is 2.14. The third-order valence-corrected chi connectivity index (χ3v) is 5.31. The van der Waals surface area contributed by atoms with Crippen molar-refractivity contribution < 1.29 is 17.6 Å². The number of sulfone groups is 1. The molecule has 0 saturated carbocycles. The fourth-order valence-corrected chi connectivity index (χ4v) is 4.22. The fraction of sp³-hybridized carbons (Fsp3) is 0.385. The first-order valence-corrected chi connectivity index (χ1v) is 8.43. The highest BCUT2D eigenvalue weighted by Crippen LogP contribution is 2.19. The molecular formula is C13H15N3O4S. The molecule has 7 nitrogen and oxygen atoms in total. The van der Waals surface area contributed by atoms with Crippen LogP contribution in [0.1, 0.15) is 16.9 Å². The van der Waals surface area contributed by atoms with Crippen LogP contribution in [0.3, 0.4) is 0 Å².